The molecule has 0 saturated heterocycles. The average molecular weight is 220 g/mol. The Morgan fingerprint density at radius 3 is 2.47 bits per heavy atom. The molecule has 15 heavy (non-hydrogen) atoms. The molecular formula is C9H7F3O3. The Morgan fingerprint density at radius 2 is 2.00 bits per heavy atom. The van der Waals surface area contributed by atoms with E-state index in [1.807, 2.05) is 0 Å². The molecule has 0 heterocycles. The van der Waals surface area contributed by atoms with Gasteiger partial charge in [-0.05, 0) is 18.2 Å². The van der Waals surface area contributed by atoms with Gasteiger partial charge in [0.15, 0.2) is 12.0 Å². The fourth-order valence-electron chi connectivity index (χ4n) is 0.970. The van der Waals surface area contributed by atoms with Gasteiger partial charge in [-0.15, -0.1) is 0 Å². The highest BCUT2D eigenvalue weighted by Crippen LogP contribution is 2.32. The molecule has 0 unspecified atom stereocenters. The Bertz CT molecular complexity index is 360. The molecule has 0 amide bonds. The van der Waals surface area contributed by atoms with Crippen LogP contribution >= 0.6 is 0 Å². The predicted molar refractivity (Wildman–Crippen MR) is 44.5 cm³/mol. The van der Waals surface area contributed by atoms with Crippen LogP contribution in [-0.4, -0.2) is 13.4 Å². The molecule has 82 valence electrons. The number of benzene rings is 1. The fourth-order valence-corrected chi connectivity index (χ4v) is 0.970. The second kappa shape index (κ2) is 4.31. The van der Waals surface area contributed by atoms with Gasteiger partial charge in [0.05, 0.1) is 18.2 Å². The lowest BCUT2D eigenvalue weighted by atomic mass is 10.1. The quantitative estimate of drug-likeness (QED) is 0.446. The minimum absolute atomic E-state index is 0.00940. The van der Waals surface area contributed by atoms with E-state index in [4.69, 9.17) is 0 Å². The lowest BCUT2D eigenvalue weighted by Gasteiger charge is -2.09. The van der Waals surface area contributed by atoms with Crippen molar-refractivity contribution in [3.8, 4) is 5.75 Å². The van der Waals surface area contributed by atoms with E-state index in [9.17, 15) is 18.0 Å². The van der Waals surface area contributed by atoms with Crippen molar-refractivity contribution in [3.63, 3.8) is 0 Å². The van der Waals surface area contributed by atoms with Crippen molar-refractivity contribution >= 4 is 6.29 Å². The van der Waals surface area contributed by atoms with E-state index in [2.05, 4.69) is 9.78 Å². The summed E-state index contributed by atoms with van der Waals surface area (Å²) < 4.78 is 36.8. The molecule has 0 atom stereocenters. The number of hydrogen-bond acceptors (Lipinski definition) is 3. The summed E-state index contributed by atoms with van der Waals surface area (Å²) in [4.78, 5) is 19.1. The molecule has 1 aromatic carbocycles. The fraction of sp³-hybridized carbons (Fsp3) is 0.222. The smallest absolute Gasteiger partial charge is 0.337 e. The zero-order valence-electron chi connectivity index (χ0n) is 7.67. The van der Waals surface area contributed by atoms with Crippen LogP contribution < -0.4 is 4.89 Å². The number of carbonyl (C=O) groups is 1. The van der Waals surface area contributed by atoms with Crippen molar-refractivity contribution in [2.75, 3.05) is 7.11 Å². The Hall–Kier alpha value is -1.56. The maximum absolute atomic E-state index is 12.3. The molecule has 0 aliphatic carbocycles. The minimum atomic E-state index is -4.48. The zero-order valence-corrected chi connectivity index (χ0v) is 7.67. The normalized spacial score (nSPS) is 11.2. The van der Waals surface area contributed by atoms with Gasteiger partial charge in [-0.3, -0.25) is 4.79 Å². The zero-order chi connectivity index (χ0) is 11.5. The molecule has 6 heteroatoms. The Balaban J connectivity index is 3.15. The molecule has 0 bridgehead atoms. The first kappa shape index (κ1) is 11.5. The average Bonchev–Trinajstić information content (AvgIpc) is 2.17. The van der Waals surface area contributed by atoms with E-state index in [1.54, 1.807) is 0 Å². The number of rotatable bonds is 3. The van der Waals surface area contributed by atoms with Crippen LogP contribution in [0.2, 0.25) is 0 Å². The van der Waals surface area contributed by atoms with E-state index in [1.165, 1.54) is 0 Å². The third-order valence-electron chi connectivity index (χ3n) is 1.64. The van der Waals surface area contributed by atoms with Gasteiger partial charge >= 0.3 is 6.18 Å². The van der Waals surface area contributed by atoms with E-state index >= 15 is 0 Å². The number of halogens is 3. The lowest BCUT2D eigenvalue weighted by Crippen LogP contribution is -2.06. The molecule has 0 aliphatic rings. The van der Waals surface area contributed by atoms with Gasteiger partial charge in [0, 0.05) is 0 Å². The molecular weight excluding hydrogens is 213 g/mol. The molecule has 0 radical (unpaired) electrons. The van der Waals surface area contributed by atoms with Crippen LogP contribution in [0.3, 0.4) is 0 Å². The largest absolute Gasteiger partial charge is 0.416 e. The summed E-state index contributed by atoms with van der Waals surface area (Å²) in [5.41, 5.74) is -0.912. The highest BCUT2D eigenvalue weighted by atomic mass is 19.4. The van der Waals surface area contributed by atoms with E-state index in [0.717, 1.165) is 19.2 Å². The first-order valence-electron chi connectivity index (χ1n) is 3.86. The van der Waals surface area contributed by atoms with Crippen molar-refractivity contribution < 1.29 is 27.7 Å². The number of alkyl halides is 3. The third kappa shape index (κ3) is 2.69. The van der Waals surface area contributed by atoms with E-state index in [0.29, 0.717) is 12.4 Å². The molecule has 1 aromatic rings. The van der Waals surface area contributed by atoms with Gasteiger partial charge in [-0.1, -0.05) is 0 Å². The highest BCUT2D eigenvalue weighted by molar-refractivity contribution is 5.79. The maximum atomic E-state index is 12.3. The monoisotopic (exact) mass is 220 g/mol. The van der Waals surface area contributed by atoms with Gasteiger partial charge in [0.2, 0.25) is 0 Å². The molecule has 0 saturated carbocycles. The van der Waals surface area contributed by atoms with Gasteiger partial charge in [-0.25, -0.2) is 0 Å². The van der Waals surface area contributed by atoms with Gasteiger partial charge < -0.3 is 4.89 Å². The Kier molecular flexibility index (Phi) is 3.31. The summed E-state index contributed by atoms with van der Waals surface area (Å²) in [6, 6.07) is 2.52. The van der Waals surface area contributed by atoms with Gasteiger partial charge in [0.25, 0.3) is 0 Å². The summed E-state index contributed by atoms with van der Waals surface area (Å²) in [6.07, 6.45) is -4.10. The second-order valence-corrected chi connectivity index (χ2v) is 2.62. The predicted octanol–water partition coefficient (Wildman–Crippen LogP) is 2.46. The molecule has 0 spiro atoms. The van der Waals surface area contributed by atoms with Crippen LogP contribution in [0.25, 0.3) is 0 Å². The lowest BCUT2D eigenvalue weighted by molar-refractivity contribution is -0.179. The topological polar surface area (TPSA) is 35.5 Å². The second-order valence-electron chi connectivity index (χ2n) is 2.62. The minimum Gasteiger partial charge on any atom is -0.337 e. The van der Waals surface area contributed by atoms with Crippen LogP contribution in [-0.2, 0) is 11.1 Å². The number of hydrogen-bond donors (Lipinski definition) is 0. The summed E-state index contributed by atoms with van der Waals surface area (Å²) in [5.74, 6) is -0.262. The molecule has 0 fully saturated rings. The maximum Gasteiger partial charge on any atom is 0.416 e. The third-order valence-corrected chi connectivity index (χ3v) is 1.64. The molecule has 0 aliphatic heterocycles. The Labute approximate surface area is 83.3 Å². The van der Waals surface area contributed by atoms with Gasteiger partial charge in [-0.2, -0.15) is 18.1 Å². The van der Waals surface area contributed by atoms with E-state index in [-0.39, 0.29) is 11.3 Å². The first-order chi connectivity index (χ1) is 6.99. The Morgan fingerprint density at radius 1 is 1.33 bits per heavy atom. The number of aldehydes is 1. The van der Waals surface area contributed by atoms with Crippen molar-refractivity contribution in [1.82, 2.24) is 0 Å². The van der Waals surface area contributed by atoms with Crippen LogP contribution in [0.5, 0.6) is 5.75 Å². The standard InChI is InChI=1S/C9H7F3O3/c1-14-15-8-4-7(9(10,11)12)3-2-6(8)5-13/h2-5H,1H3. The SMILES string of the molecule is COOc1cc(C(F)(F)F)ccc1C=O. The van der Waals surface area contributed by atoms with Crippen LogP contribution in [0, 0.1) is 0 Å². The highest BCUT2D eigenvalue weighted by Gasteiger charge is 2.31. The van der Waals surface area contributed by atoms with Crippen molar-refractivity contribution in [2.24, 2.45) is 0 Å². The summed E-state index contributed by atoms with van der Waals surface area (Å²) in [6.45, 7) is 0. The van der Waals surface area contributed by atoms with Crippen molar-refractivity contribution in [1.29, 1.82) is 0 Å². The molecule has 0 N–H and O–H groups in total. The van der Waals surface area contributed by atoms with Gasteiger partial charge in [0.1, 0.15) is 0 Å². The summed E-state index contributed by atoms with van der Waals surface area (Å²) >= 11 is 0. The van der Waals surface area contributed by atoms with Crippen LogP contribution in [0.4, 0.5) is 13.2 Å². The molecule has 0 aromatic heterocycles. The van der Waals surface area contributed by atoms with Crippen molar-refractivity contribution in [3.05, 3.63) is 29.3 Å². The molecule has 3 nitrogen and oxygen atoms in total. The van der Waals surface area contributed by atoms with Crippen LogP contribution in [0.1, 0.15) is 15.9 Å². The van der Waals surface area contributed by atoms with Crippen LogP contribution in [0.15, 0.2) is 18.2 Å². The summed E-state index contributed by atoms with van der Waals surface area (Å²) in [5, 5.41) is 0. The number of carbonyl (C=O) groups excluding carboxylic acids is 1. The van der Waals surface area contributed by atoms with E-state index < -0.39 is 11.7 Å². The van der Waals surface area contributed by atoms with Crippen molar-refractivity contribution in [2.45, 2.75) is 6.18 Å². The molecule has 1 rings (SSSR count). The first-order valence-corrected chi connectivity index (χ1v) is 3.86. The summed E-state index contributed by atoms with van der Waals surface area (Å²) in [7, 11) is 1.13.